The number of anilines is 1. The van der Waals surface area contributed by atoms with Gasteiger partial charge in [-0.15, -0.1) is 0 Å². The Kier molecular flexibility index (Phi) is 6.54. The second kappa shape index (κ2) is 10.4. The van der Waals surface area contributed by atoms with Gasteiger partial charge in [0.25, 0.3) is 0 Å². The molecule has 43 heavy (non-hydrogen) atoms. The molecule has 8 nitrogen and oxygen atoms in total. The number of phenolic OH excluding ortho intramolecular Hbond substituents is 1. The maximum Gasteiger partial charge on any atom is 0.319 e. The van der Waals surface area contributed by atoms with E-state index in [-0.39, 0.29) is 17.3 Å². The Hall–Kier alpha value is -3.40. The Balaban J connectivity index is 1.29. The van der Waals surface area contributed by atoms with Gasteiger partial charge in [-0.25, -0.2) is 4.39 Å². The van der Waals surface area contributed by atoms with Crippen molar-refractivity contribution < 1.29 is 19.0 Å². The van der Waals surface area contributed by atoms with Crippen LogP contribution in [-0.4, -0.2) is 83.7 Å². The van der Waals surface area contributed by atoms with Gasteiger partial charge in [0.05, 0.1) is 17.7 Å². The fraction of sp³-hybridized carbons (Fsp3) is 0.455. The van der Waals surface area contributed by atoms with Gasteiger partial charge in [0, 0.05) is 49.1 Å². The molecule has 4 unspecified atom stereocenters. The Bertz CT molecular complexity index is 1730. The van der Waals surface area contributed by atoms with Crippen molar-refractivity contribution >= 4 is 39.1 Å². The smallest absolute Gasteiger partial charge is 0.319 e. The molecular weight excluding hydrogens is 569 g/mol. The summed E-state index contributed by atoms with van der Waals surface area (Å²) in [5.41, 5.74) is 1.68. The van der Waals surface area contributed by atoms with E-state index in [0.29, 0.717) is 53.5 Å². The van der Waals surface area contributed by atoms with Crippen LogP contribution in [0.3, 0.4) is 0 Å². The second-order valence-electron chi connectivity index (χ2n) is 12.6. The van der Waals surface area contributed by atoms with E-state index in [1.54, 1.807) is 19.2 Å². The molecule has 4 aromatic rings. The van der Waals surface area contributed by atoms with Crippen molar-refractivity contribution in [2.24, 2.45) is 0 Å². The number of nitrogens with zero attached hydrogens (tertiary/aromatic N) is 4. The molecular formula is C33H35ClFN5O3. The average Bonchev–Trinajstić information content (AvgIpc) is 3.64. The first-order chi connectivity index (χ1) is 20.9. The van der Waals surface area contributed by atoms with Crippen molar-refractivity contribution in [3.63, 3.8) is 0 Å². The van der Waals surface area contributed by atoms with Gasteiger partial charge < -0.3 is 24.8 Å². The number of rotatable bonds is 6. The van der Waals surface area contributed by atoms with Crippen LogP contribution in [0.5, 0.6) is 17.5 Å². The molecule has 2 N–H and O–H groups in total. The molecule has 0 spiro atoms. The highest BCUT2D eigenvalue weighted by Gasteiger charge is 2.49. The molecule has 0 radical (unpaired) electrons. The van der Waals surface area contributed by atoms with Gasteiger partial charge in [-0.05, 0) is 66.8 Å². The number of aromatic hydroxyl groups is 1. The first-order valence-corrected chi connectivity index (χ1v) is 15.6. The fourth-order valence-electron chi connectivity index (χ4n) is 8.04. The average molecular weight is 604 g/mol. The second-order valence-corrected chi connectivity index (χ2v) is 13.0. The van der Waals surface area contributed by atoms with Gasteiger partial charge in [-0.1, -0.05) is 35.9 Å². The zero-order valence-electron chi connectivity index (χ0n) is 24.2. The summed E-state index contributed by atoms with van der Waals surface area (Å²) < 4.78 is 27.0. The van der Waals surface area contributed by atoms with Gasteiger partial charge in [-0.2, -0.15) is 9.97 Å². The largest absolute Gasteiger partial charge is 0.508 e. The molecule has 4 fully saturated rings. The Morgan fingerprint density at radius 2 is 1.91 bits per heavy atom. The number of aromatic nitrogens is 2. The zero-order valence-corrected chi connectivity index (χ0v) is 24.9. The standard InChI is InChI=1S/C33H35ClFN5O3/c1-42-30-28(25-12-23(41)11-19-5-2-3-6-24(19)25)27(34)13-26-29(30)37-32(38-31(26)39-16-21-7-8-22(17-39)36-21)43-18-33-9-4-10-40(33)15-20(35)14-33/h2-3,5-6,11-13,20-22,36,41H,4,7-10,14-18H2,1H3. The van der Waals surface area contributed by atoms with Crippen molar-refractivity contribution in [1.82, 2.24) is 20.2 Å². The molecule has 224 valence electrons. The molecule has 1 aromatic heterocycles. The predicted molar refractivity (Wildman–Crippen MR) is 166 cm³/mol. The Morgan fingerprint density at radius 1 is 1.09 bits per heavy atom. The molecule has 0 aliphatic carbocycles. The zero-order chi connectivity index (χ0) is 29.3. The number of benzene rings is 3. The summed E-state index contributed by atoms with van der Waals surface area (Å²) >= 11 is 7.10. The highest BCUT2D eigenvalue weighted by atomic mass is 35.5. The van der Waals surface area contributed by atoms with Gasteiger partial charge in [0.15, 0.2) is 5.75 Å². The summed E-state index contributed by atoms with van der Waals surface area (Å²) in [6, 6.07) is 14.3. The van der Waals surface area contributed by atoms with Crippen LogP contribution in [0, 0.1) is 0 Å². The molecule has 4 atom stereocenters. The minimum Gasteiger partial charge on any atom is -0.508 e. The van der Waals surface area contributed by atoms with Crippen molar-refractivity contribution in [1.29, 1.82) is 0 Å². The summed E-state index contributed by atoms with van der Waals surface area (Å²) in [7, 11) is 1.61. The highest BCUT2D eigenvalue weighted by Crippen LogP contribution is 2.48. The van der Waals surface area contributed by atoms with E-state index in [4.69, 9.17) is 31.0 Å². The van der Waals surface area contributed by atoms with Gasteiger partial charge in [0.2, 0.25) is 0 Å². The van der Waals surface area contributed by atoms with Crippen LogP contribution < -0.4 is 19.7 Å². The van der Waals surface area contributed by atoms with E-state index >= 15 is 0 Å². The topological polar surface area (TPSA) is 83.0 Å². The normalized spacial score (nSPS) is 26.9. The maximum atomic E-state index is 14.5. The minimum atomic E-state index is -0.838. The van der Waals surface area contributed by atoms with Crippen LogP contribution >= 0.6 is 11.6 Å². The first-order valence-electron chi connectivity index (χ1n) is 15.2. The quantitative estimate of drug-likeness (QED) is 0.290. The summed E-state index contributed by atoms with van der Waals surface area (Å²) in [5.74, 6) is 1.40. The number of fused-ring (bicyclic) bond motifs is 5. The number of hydrogen-bond acceptors (Lipinski definition) is 8. The SMILES string of the molecule is COc1c(-c2cc(O)cc3ccccc23)c(Cl)cc2c(N3CC4CCC(C3)N4)nc(OCC34CCCN3CC(F)C4)nc12. The lowest BCUT2D eigenvalue weighted by molar-refractivity contribution is 0.107. The number of methoxy groups -OCH3 is 1. The van der Waals surface area contributed by atoms with Crippen LogP contribution in [0.1, 0.15) is 32.1 Å². The molecule has 4 aliphatic heterocycles. The van der Waals surface area contributed by atoms with Gasteiger partial charge in [0.1, 0.15) is 29.9 Å². The lowest BCUT2D eigenvalue weighted by Crippen LogP contribution is -2.51. The maximum absolute atomic E-state index is 14.5. The minimum absolute atomic E-state index is 0.138. The molecule has 0 saturated carbocycles. The molecule has 4 saturated heterocycles. The van der Waals surface area contributed by atoms with Gasteiger partial charge in [-0.3, -0.25) is 4.90 Å². The van der Waals surface area contributed by atoms with Crippen LogP contribution in [0.15, 0.2) is 42.5 Å². The number of hydrogen-bond donors (Lipinski definition) is 2. The Morgan fingerprint density at radius 3 is 2.72 bits per heavy atom. The molecule has 4 aliphatic rings. The molecule has 2 bridgehead atoms. The van der Waals surface area contributed by atoms with Crippen LogP contribution in [0.2, 0.25) is 5.02 Å². The fourth-order valence-corrected chi connectivity index (χ4v) is 8.34. The number of piperazine rings is 1. The lowest BCUT2D eigenvalue weighted by atomic mass is 9.95. The molecule has 3 aromatic carbocycles. The van der Waals surface area contributed by atoms with Gasteiger partial charge >= 0.3 is 6.01 Å². The first kappa shape index (κ1) is 27.2. The number of halogens is 2. The third-order valence-corrected chi connectivity index (χ3v) is 10.2. The van der Waals surface area contributed by atoms with Crippen molar-refractivity contribution in [3.8, 4) is 28.6 Å². The third-order valence-electron chi connectivity index (χ3n) is 9.92. The number of nitrogens with one attached hydrogen (secondary N) is 1. The number of alkyl halides is 1. The van der Waals surface area contributed by atoms with E-state index in [2.05, 4.69) is 15.1 Å². The van der Waals surface area contributed by atoms with E-state index in [1.807, 2.05) is 30.3 Å². The van der Waals surface area contributed by atoms with Crippen LogP contribution in [0.25, 0.3) is 32.8 Å². The van der Waals surface area contributed by atoms with Crippen molar-refractivity contribution in [2.75, 3.05) is 44.8 Å². The number of ether oxygens (including phenoxy) is 2. The van der Waals surface area contributed by atoms with Crippen LogP contribution in [-0.2, 0) is 0 Å². The van der Waals surface area contributed by atoms with Crippen LogP contribution in [0.4, 0.5) is 10.2 Å². The highest BCUT2D eigenvalue weighted by molar-refractivity contribution is 6.35. The third kappa shape index (κ3) is 4.55. The monoisotopic (exact) mass is 603 g/mol. The van der Waals surface area contributed by atoms with E-state index in [1.165, 1.54) is 0 Å². The summed E-state index contributed by atoms with van der Waals surface area (Å²) in [4.78, 5) is 14.5. The van der Waals surface area contributed by atoms with E-state index in [9.17, 15) is 9.50 Å². The lowest BCUT2D eigenvalue weighted by Gasteiger charge is -2.35. The van der Waals surface area contributed by atoms with Crippen molar-refractivity contribution in [2.45, 2.75) is 55.9 Å². The summed E-state index contributed by atoms with van der Waals surface area (Å²) in [5, 5.41) is 17.4. The molecule has 10 heteroatoms. The Labute approximate surface area is 254 Å². The number of phenols is 1. The molecule has 8 rings (SSSR count). The van der Waals surface area contributed by atoms with Crippen molar-refractivity contribution in [3.05, 3.63) is 47.5 Å². The van der Waals surface area contributed by atoms with E-state index < -0.39 is 6.17 Å². The summed E-state index contributed by atoms with van der Waals surface area (Å²) in [6.45, 7) is 3.34. The summed E-state index contributed by atoms with van der Waals surface area (Å²) in [6.07, 6.45) is 3.85. The van der Waals surface area contributed by atoms with E-state index in [0.717, 1.165) is 72.9 Å². The molecule has 0 amide bonds. The molecule has 5 heterocycles. The predicted octanol–water partition coefficient (Wildman–Crippen LogP) is 5.71.